The smallest absolute Gasteiger partial charge is 0.343 e. The normalized spacial score (nSPS) is 12.4. The minimum atomic E-state index is -1.90. The van der Waals surface area contributed by atoms with E-state index in [0.29, 0.717) is 90.0 Å². The van der Waals surface area contributed by atoms with Crippen molar-refractivity contribution >= 4 is 58.5 Å². The first-order chi connectivity index (χ1) is 41.1. The highest BCUT2D eigenvalue weighted by atomic mass is 35.5. The molecule has 0 N–H and O–H groups in total. The fourth-order valence-corrected chi connectivity index (χ4v) is 10.1. The zero-order valence-electron chi connectivity index (χ0n) is 44.2. The Morgan fingerprint density at radius 2 is 0.667 bits per heavy atom. The van der Waals surface area contributed by atoms with Gasteiger partial charge < -0.3 is 18.9 Å². The lowest BCUT2D eigenvalue weighted by atomic mass is 9.98. The van der Waals surface area contributed by atoms with E-state index in [1.807, 2.05) is 59.2 Å². The number of nitrogens with zero attached hydrogens (tertiary/aromatic N) is 4. The number of carbonyl (C=O) groups is 4. The van der Waals surface area contributed by atoms with Crippen LogP contribution in [-0.2, 0) is 5.79 Å². The third kappa shape index (κ3) is 11.2. The molecule has 11 aromatic rings. The van der Waals surface area contributed by atoms with Gasteiger partial charge in [-0.1, -0.05) is 175 Å². The van der Waals surface area contributed by atoms with E-state index < -0.39 is 29.7 Å². The summed E-state index contributed by atoms with van der Waals surface area (Å²) in [6, 6.07) is 77.0. The number of halogens is 2. The van der Waals surface area contributed by atoms with Crippen LogP contribution in [0.4, 0.5) is 0 Å². The molecule has 0 unspecified atom stereocenters. The van der Waals surface area contributed by atoms with Crippen LogP contribution in [0.3, 0.4) is 0 Å². The van der Waals surface area contributed by atoms with E-state index in [4.69, 9.17) is 57.1 Å². The van der Waals surface area contributed by atoms with Crippen molar-refractivity contribution in [3.8, 4) is 56.9 Å². The topological polar surface area (TPSA) is 148 Å². The second-order valence-electron chi connectivity index (χ2n) is 19.1. The standard InChI is InChI=1S/C70H44Cl2N4O8/c71-59-27-15-13-25-57(59)65-73-63(47-33-41-51(42-34-47)68(79)83-55-21-9-3-10-22-55)64(48-35-43-52(44-36-48)69(80)84-56-23-11-4-12-24-56)76(65)70(58-26-14-16-28-60(58)72)74-61(45-29-37-49(38-30-45)66(77)81-53-17-5-1-6-18-53)62(75-70)46-31-39-50(40-32-46)67(78)82-54-19-7-2-8-20-54/h1-44H. The van der Waals surface area contributed by atoms with E-state index >= 15 is 0 Å². The van der Waals surface area contributed by atoms with Gasteiger partial charge in [-0.2, -0.15) is 0 Å². The molecule has 0 spiro atoms. The predicted octanol–water partition coefficient (Wildman–Crippen LogP) is 15.7. The Hall–Kier alpha value is -10.8. The number of aromatic nitrogens is 2. The summed E-state index contributed by atoms with van der Waals surface area (Å²) in [5.74, 6) is -2.36. The molecular weight excluding hydrogens is 1100 g/mol. The minimum absolute atomic E-state index is 0.261. The molecule has 406 valence electrons. The number of hydrogen-bond donors (Lipinski definition) is 0. The number of hydrogen-bond acceptors (Lipinski definition) is 11. The van der Waals surface area contributed by atoms with Crippen LogP contribution in [0.2, 0.25) is 10.0 Å². The molecule has 0 fully saturated rings. The van der Waals surface area contributed by atoms with Crippen molar-refractivity contribution in [1.29, 1.82) is 0 Å². The van der Waals surface area contributed by atoms with Gasteiger partial charge in [0.25, 0.3) is 5.79 Å². The molecule has 84 heavy (non-hydrogen) atoms. The Bertz CT molecular complexity index is 4200. The highest BCUT2D eigenvalue weighted by Crippen LogP contribution is 2.49. The van der Waals surface area contributed by atoms with E-state index in [1.54, 1.807) is 212 Å². The van der Waals surface area contributed by atoms with Crippen molar-refractivity contribution in [3.63, 3.8) is 0 Å². The van der Waals surface area contributed by atoms with Gasteiger partial charge in [-0.15, -0.1) is 0 Å². The van der Waals surface area contributed by atoms with Gasteiger partial charge in [0.2, 0.25) is 0 Å². The maximum atomic E-state index is 13.8. The zero-order valence-corrected chi connectivity index (χ0v) is 45.7. The molecular formula is C70H44Cl2N4O8. The second-order valence-corrected chi connectivity index (χ2v) is 19.9. The van der Waals surface area contributed by atoms with Crippen LogP contribution < -0.4 is 18.9 Å². The lowest BCUT2D eigenvalue weighted by molar-refractivity contribution is 0.0725. The molecule has 0 radical (unpaired) electrons. The number of para-hydroxylation sites is 4. The molecule has 1 aliphatic heterocycles. The number of carbonyl (C=O) groups excluding carboxylic acids is 4. The zero-order chi connectivity index (χ0) is 57.6. The average Bonchev–Trinajstić information content (AvgIpc) is 1.75. The number of rotatable bonds is 15. The maximum Gasteiger partial charge on any atom is 0.343 e. The molecule has 1 aromatic heterocycles. The highest BCUT2D eigenvalue weighted by molar-refractivity contribution is 6.54. The van der Waals surface area contributed by atoms with Crippen molar-refractivity contribution < 1.29 is 38.1 Å². The van der Waals surface area contributed by atoms with Crippen LogP contribution in [0.15, 0.2) is 277 Å². The summed E-state index contributed by atoms with van der Waals surface area (Å²) in [6.07, 6.45) is 0. The molecule has 12 nitrogen and oxygen atoms in total. The molecule has 14 heteroatoms. The van der Waals surface area contributed by atoms with Gasteiger partial charge in [-0.3, -0.25) is 4.57 Å². The van der Waals surface area contributed by atoms with Crippen LogP contribution in [0, 0.1) is 0 Å². The SMILES string of the molecule is O=C(Oc1ccccc1)c1ccc(C2=NC(c3ccccc3Cl)(n3c(-c4ccccc4Cl)nc(-c4ccc(C(=O)Oc5ccccc5)cc4)c3-c3ccc(C(=O)Oc4ccccc4)cc3)N=C2c2ccc(C(=O)Oc3ccccc3)cc2)cc1. The van der Waals surface area contributed by atoms with Gasteiger partial charge in [0.15, 0.2) is 0 Å². The molecule has 12 rings (SSSR count). The quantitative estimate of drug-likeness (QED) is 0.0722. The number of ether oxygens (including phenoxy) is 4. The lowest BCUT2D eigenvalue weighted by Crippen LogP contribution is -2.31. The van der Waals surface area contributed by atoms with Crippen LogP contribution in [0.5, 0.6) is 23.0 Å². The summed E-state index contributed by atoms with van der Waals surface area (Å²) in [5.41, 5.74) is 5.80. The van der Waals surface area contributed by atoms with E-state index in [2.05, 4.69) is 0 Å². The summed E-state index contributed by atoms with van der Waals surface area (Å²) < 4.78 is 24.8. The summed E-state index contributed by atoms with van der Waals surface area (Å²) >= 11 is 14.7. The van der Waals surface area contributed by atoms with Crippen LogP contribution in [0.25, 0.3) is 33.9 Å². The Labute approximate surface area is 492 Å². The first-order valence-electron chi connectivity index (χ1n) is 26.4. The third-order valence-electron chi connectivity index (χ3n) is 13.7. The van der Waals surface area contributed by atoms with Gasteiger partial charge in [0, 0.05) is 33.4 Å². The Morgan fingerprint density at radius 3 is 1.04 bits per heavy atom. The Morgan fingerprint density at radius 1 is 0.345 bits per heavy atom. The van der Waals surface area contributed by atoms with Crippen molar-refractivity contribution in [1.82, 2.24) is 9.55 Å². The van der Waals surface area contributed by atoms with Gasteiger partial charge >= 0.3 is 23.9 Å². The van der Waals surface area contributed by atoms with Crippen molar-refractivity contribution in [2.24, 2.45) is 9.98 Å². The molecule has 0 saturated heterocycles. The summed E-state index contributed by atoms with van der Waals surface area (Å²) in [5, 5.41) is 0.631. The van der Waals surface area contributed by atoms with E-state index in [1.165, 1.54) is 0 Å². The van der Waals surface area contributed by atoms with Gasteiger partial charge in [-0.25, -0.2) is 34.1 Å². The number of esters is 4. The third-order valence-corrected chi connectivity index (χ3v) is 14.3. The molecule has 0 bridgehead atoms. The molecule has 0 amide bonds. The van der Waals surface area contributed by atoms with Crippen molar-refractivity contribution in [3.05, 3.63) is 316 Å². The van der Waals surface area contributed by atoms with Crippen LogP contribution >= 0.6 is 23.2 Å². The number of imidazole rings is 1. The number of benzene rings is 10. The lowest BCUT2D eigenvalue weighted by Gasteiger charge is -2.30. The van der Waals surface area contributed by atoms with Gasteiger partial charge in [0.05, 0.1) is 55.1 Å². The summed E-state index contributed by atoms with van der Waals surface area (Å²) in [4.78, 5) is 71.6. The second kappa shape index (κ2) is 23.7. The van der Waals surface area contributed by atoms with Gasteiger partial charge in [0.1, 0.15) is 28.8 Å². The van der Waals surface area contributed by atoms with Gasteiger partial charge in [-0.05, 0) is 115 Å². The van der Waals surface area contributed by atoms with E-state index in [0.717, 1.165) is 0 Å². The van der Waals surface area contributed by atoms with Crippen molar-refractivity contribution in [2.45, 2.75) is 5.79 Å². The summed E-state index contributed by atoms with van der Waals surface area (Å²) in [6.45, 7) is 0. The first kappa shape index (κ1) is 53.8. The first-order valence-corrected chi connectivity index (χ1v) is 27.2. The van der Waals surface area contributed by atoms with E-state index in [-0.39, 0.29) is 27.3 Å². The predicted molar refractivity (Wildman–Crippen MR) is 324 cm³/mol. The largest absolute Gasteiger partial charge is 0.423 e. The molecule has 1 aliphatic rings. The molecule has 10 aromatic carbocycles. The average molecular weight is 1140 g/mol. The maximum absolute atomic E-state index is 13.8. The fourth-order valence-electron chi connectivity index (χ4n) is 9.61. The number of aliphatic imine (C=N–C) groups is 2. The molecule has 0 saturated carbocycles. The fraction of sp³-hybridized carbons (Fsp3) is 0.0143. The Kier molecular flexibility index (Phi) is 15.2. The van der Waals surface area contributed by atoms with Crippen LogP contribution in [-0.4, -0.2) is 44.9 Å². The van der Waals surface area contributed by atoms with Crippen LogP contribution in [0.1, 0.15) is 58.1 Å². The Balaban J connectivity index is 1.09. The molecule has 2 heterocycles. The minimum Gasteiger partial charge on any atom is -0.423 e. The van der Waals surface area contributed by atoms with Crippen molar-refractivity contribution in [2.75, 3.05) is 0 Å². The van der Waals surface area contributed by atoms with E-state index in [9.17, 15) is 19.2 Å². The summed E-state index contributed by atoms with van der Waals surface area (Å²) in [7, 11) is 0. The molecule has 0 aliphatic carbocycles. The molecule has 0 atom stereocenters. The highest BCUT2D eigenvalue weighted by Gasteiger charge is 2.46. The monoisotopic (exact) mass is 1140 g/mol.